The van der Waals surface area contributed by atoms with Crippen molar-refractivity contribution >= 4 is 12.0 Å². The van der Waals surface area contributed by atoms with Gasteiger partial charge in [0.15, 0.2) is 0 Å². The zero-order valence-corrected chi connectivity index (χ0v) is 14.4. The summed E-state index contributed by atoms with van der Waals surface area (Å²) >= 11 is 0. The molecule has 21 heavy (non-hydrogen) atoms. The van der Waals surface area contributed by atoms with Gasteiger partial charge >= 0.3 is 12.0 Å². The number of aliphatic carboxylic acids is 1. The predicted octanol–water partition coefficient (Wildman–Crippen LogP) is 2.91. The highest BCUT2D eigenvalue weighted by Gasteiger charge is 2.49. The number of hydrogen-bond acceptors (Lipinski definition) is 2. The summed E-state index contributed by atoms with van der Waals surface area (Å²) in [6.45, 7) is 13.0. The monoisotopic (exact) mass is 298 g/mol. The maximum atomic E-state index is 12.6. The number of carbonyl (C=O) groups is 2. The summed E-state index contributed by atoms with van der Waals surface area (Å²) in [6.07, 6.45) is 0.531. The van der Waals surface area contributed by atoms with E-state index in [4.69, 9.17) is 0 Å². The van der Waals surface area contributed by atoms with Gasteiger partial charge in [0.2, 0.25) is 0 Å². The maximum Gasteiger partial charge on any atom is 0.320 e. The average molecular weight is 298 g/mol. The van der Waals surface area contributed by atoms with Crippen LogP contribution in [0.5, 0.6) is 0 Å². The minimum absolute atomic E-state index is 0.00787. The van der Waals surface area contributed by atoms with E-state index in [0.717, 1.165) is 0 Å². The van der Waals surface area contributed by atoms with E-state index in [1.54, 1.807) is 16.8 Å². The van der Waals surface area contributed by atoms with E-state index in [-0.39, 0.29) is 23.4 Å². The van der Waals surface area contributed by atoms with E-state index in [2.05, 4.69) is 20.8 Å². The Balaban J connectivity index is 2.86. The van der Waals surface area contributed by atoms with E-state index >= 15 is 0 Å². The van der Waals surface area contributed by atoms with Crippen LogP contribution >= 0.6 is 0 Å². The predicted molar refractivity (Wildman–Crippen MR) is 83.2 cm³/mol. The summed E-state index contributed by atoms with van der Waals surface area (Å²) < 4.78 is 0. The van der Waals surface area contributed by atoms with Crippen molar-refractivity contribution in [2.24, 2.45) is 16.7 Å². The van der Waals surface area contributed by atoms with E-state index in [9.17, 15) is 14.7 Å². The summed E-state index contributed by atoms with van der Waals surface area (Å²) in [7, 11) is 1.80. The maximum absolute atomic E-state index is 12.6. The number of carboxylic acids is 1. The van der Waals surface area contributed by atoms with Crippen LogP contribution in [-0.2, 0) is 4.79 Å². The molecule has 5 nitrogen and oxygen atoms in total. The third kappa shape index (κ3) is 3.33. The first kappa shape index (κ1) is 17.8. The number of likely N-dealkylation sites (tertiary alicyclic amines) is 1. The third-order valence-electron chi connectivity index (χ3n) is 5.24. The SMILES string of the molecule is CC(N(C)C(=O)N1CCC(C(=O)O)(C(C)C)C1)C(C)(C)C. The summed E-state index contributed by atoms with van der Waals surface area (Å²) in [4.78, 5) is 27.7. The second kappa shape index (κ2) is 5.85. The largest absolute Gasteiger partial charge is 0.481 e. The first-order chi connectivity index (χ1) is 9.43. The zero-order chi connectivity index (χ0) is 16.6. The molecule has 1 aliphatic rings. The molecule has 1 heterocycles. The fourth-order valence-corrected chi connectivity index (χ4v) is 2.86. The third-order valence-corrected chi connectivity index (χ3v) is 5.24. The van der Waals surface area contributed by atoms with Crippen LogP contribution in [-0.4, -0.2) is 53.1 Å². The van der Waals surface area contributed by atoms with Crippen molar-refractivity contribution in [2.75, 3.05) is 20.1 Å². The van der Waals surface area contributed by atoms with Gasteiger partial charge < -0.3 is 14.9 Å². The lowest BCUT2D eigenvalue weighted by Gasteiger charge is -2.38. The number of hydrogen-bond donors (Lipinski definition) is 1. The molecule has 1 rings (SSSR count). The highest BCUT2D eigenvalue weighted by molar-refractivity contribution is 5.80. The smallest absolute Gasteiger partial charge is 0.320 e. The molecule has 122 valence electrons. The Hall–Kier alpha value is -1.26. The second-order valence-electron chi connectivity index (χ2n) is 7.72. The molecule has 2 atom stereocenters. The van der Waals surface area contributed by atoms with Crippen molar-refractivity contribution < 1.29 is 14.7 Å². The van der Waals surface area contributed by atoms with E-state index in [1.165, 1.54) is 0 Å². The lowest BCUT2D eigenvalue weighted by atomic mass is 9.76. The van der Waals surface area contributed by atoms with Crippen LogP contribution < -0.4 is 0 Å². The topological polar surface area (TPSA) is 60.9 Å². The van der Waals surface area contributed by atoms with Crippen molar-refractivity contribution in [3.63, 3.8) is 0 Å². The van der Waals surface area contributed by atoms with Crippen LogP contribution in [0.4, 0.5) is 4.79 Å². The number of rotatable bonds is 3. The Morgan fingerprint density at radius 2 is 1.76 bits per heavy atom. The summed E-state index contributed by atoms with van der Waals surface area (Å²) in [6, 6.07) is 0.0186. The van der Waals surface area contributed by atoms with Gasteiger partial charge in [0.05, 0.1) is 5.41 Å². The Morgan fingerprint density at radius 1 is 1.24 bits per heavy atom. The van der Waals surface area contributed by atoms with Crippen molar-refractivity contribution in [3.8, 4) is 0 Å². The molecule has 2 amide bonds. The Morgan fingerprint density at radius 3 is 2.10 bits per heavy atom. The molecular formula is C16H30N2O3. The molecule has 0 spiro atoms. The number of amides is 2. The van der Waals surface area contributed by atoms with Crippen molar-refractivity contribution in [3.05, 3.63) is 0 Å². The molecule has 5 heteroatoms. The fraction of sp³-hybridized carbons (Fsp3) is 0.875. The Bertz CT molecular complexity index is 414. The fourth-order valence-electron chi connectivity index (χ4n) is 2.86. The molecular weight excluding hydrogens is 268 g/mol. The summed E-state index contributed by atoms with van der Waals surface area (Å²) in [5, 5.41) is 9.56. The lowest BCUT2D eigenvalue weighted by molar-refractivity contribution is -0.150. The van der Waals surface area contributed by atoms with Gasteiger partial charge in [-0.2, -0.15) is 0 Å². The Labute approximate surface area is 128 Å². The molecule has 0 radical (unpaired) electrons. The molecule has 0 aromatic heterocycles. The molecule has 1 fully saturated rings. The van der Waals surface area contributed by atoms with Crippen LogP contribution in [0, 0.1) is 16.7 Å². The highest BCUT2D eigenvalue weighted by Crippen LogP contribution is 2.38. The van der Waals surface area contributed by atoms with Gasteiger partial charge in [-0.05, 0) is 24.7 Å². The average Bonchev–Trinajstić information content (AvgIpc) is 2.81. The molecule has 0 saturated carbocycles. The van der Waals surface area contributed by atoms with Gasteiger partial charge in [-0.15, -0.1) is 0 Å². The van der Waals surface area contributed by atoms with Crippen molar-refractivity contribution in [1.82, 2.24) is 9.80 Å². The molecule has 0 aromatic rings. The molecule has 0 bridgehead atoms. The number of nitrogens with zero attached hydrogens (tertiary/aromatic N) is 2. The lowest BCUT2D eigenvalue weighted by Crippen LogP contribution is -2.50. The molecule has 0 aromatic carbocycles. The number of urea groups is 1. The van der Waals surface area contributed by atoms with E-state index < -0.39 is 11.4 Å². The van der Waals surface area contributed by atoms with Gasteiger partial charge in [0.1, 0.15) is 0 Å². The second-order valence-corrected chi connectivity index (χ2v) is 7.72. The molecule has 0 aliphatic carbocycles. The first-order valence-corrected chi connectivity index (χ1v) is 7.68. The highest BCUT2D eigenvalue weighted by atomic mass is 16.4. The minimum Gasteiger partial charge on any atom is -0.481 e. The summed E-state index contributed by atoms with van der Waals surface area (Å²) in [5.41, 5.74) is -0.812. The first-order valence-electron chi connectivity index (χ1n) is 7.68. The molecule has 2 unspecified atom stereocenters. The van der Waals surface area contributed by atoms with Gasteiger partial charge in [-0.3, -0.25) is 4.79 Å². The zero-order valence-electron chi connectivity index (χ0n) is 14.4. The van der Waals surface area contributed by atoms with Crippen LogP contribution in [0.2, 0.25) is 0 Å². The van der Waals surface area contributed by atoms with Gasteiger partial charge in [0, 0.05) is 26.2 Å². The molecule has 1 saturated heterocycles. The van der Waals surface area contributed by atoms with Gasteiger partial charge in [-0.25, -0.2) is 4.79 Å². The molecule has 1 aliphatic heterocycles. The summed E-state index contributed by atoms with van der Waals surface area (Å²) in [5.74, 6) is -0.780. The standard InChI is InChI=1S/C16H30N2O3/c1-11(2)16(13(19)20)8-9-18(10-16)14(21)17(7)12(3)15(4,5)6/h11-12H,8-10H2,1-7H3,(H,19,20). The van der Waals surface area contributed by atoms with Crippen molar-refractivity contribution in [2.45, 2.75) is 54.0 Å². The van der Waals surface area contributed by atoms with Crippen LogP contribution in [0.25, 0.3) is 0 Å². The number of carboxylic acid groups (broad SMARTS) is 1. The minimum atomic E-state index is -0.804. The van der Waals surface area contributed by atoms with E-state index in [1.807, 2.05) is 20.8 Å². The van der Waals surface area contributed by atoms with Crippen LogP contribution in [0.1, 0.15) is 48.0 Å². The quantitative estimate of drug-likeness (QED) is 0.871. The van der Waals surface area contributed by atoms with E-state index in [0.29, 0.717) is 19.5 Å². The van der Waals surface area contributed by atoms with Crippen LogP contribution in [0.15, 0.2) is 0 Å². The number of carbonyl (C=O) groups excluding carboxylic acids is 1. The Kier molecular flexibility index (Phi) is 4.96. The van der Waals surface area contributed by atoms with Crippen molar-refractivity contribution in [1.29, 1.82) is 0 Å². The van der Waals surface area contributed by atoms with Crippen LogP contribution in [0.3, 0.4) is 0 Å². The normalized spacial score (nSPS) is 24.3. The van der Waals surface area contributed by atoms with Gasteiger partial charge in [-0.1, -0.05) is 34.6 Å². The molecule has 1 N–H and O–H groups in total. The van der Waals surface area contributed by atoms with Gasteiger partial charge in [0.25, 0.3) is 0 Å².